The lowest BCUT2D eigenvalue weighted by atomic mass is 10.1. The summed E-state index contributed by atoms with van der Waals surface area (Å²) in [6, 6.07) is 16.4. The lowest BCUT2D eigenvalue weighted by molar-refractivity contribution is 0.354. The Labute approximate surface area is 207 Å². The number of halogens is 1. The minimum absolute atomic E-state index is 0. The number of aliphatic imine (C=N–C) groups is 1. The number of benzene rings is 2. The molecule has 0 bridgehead atoms. The summed E-state index contributed by atoms with van der Waals surface area (Å²) < 4.78 is 12.9. The van der Waals surface area contributed by atoms with E-state index in [1.807, 2.05) is 37.6 Å². The largest absolute Gasteiger partial charge is 0.493 e. The summed E-state index contributed by atoms with van der Waals surface area (Å²) in [4.78, 5) is 11.0. The predicted octanol–water partition coefficient (Wildman–Crippen LogP) is 3.82. The SMILES string of the molecule is CN=C(NCc1nccn1Cc1ccccc1)N(C)CCc1ccc(OC)c(OC)c1.I. The van der Waals surface area contributed by atoms with Crippen molar-refractivity contribution in [1.82, 2.24) is 19.8 Å². The summed E-state index contributed by atoms with van der Waals surface area (Å²) in [5.41, 5.74) is 2.43. The van der Waals surface area contributed by atoms with Crippen LogP contribution in [0, 0.1) is 0 Å². The summed E-state index contributed by atoms with van der Waals surface area (Å²) in [5.74, 6) is 3.28. The Morgan fingerprint density at radius 1 is 1.06 bits per heavy atom. The number of imidazole rings is 1. The number of likely N-dealkylation sites (N-methyl/N-ethyl adjacent to an activating group) is 1. The van der Waals surface area contributed by atoms with Gasteiger partial charge in [0.05, 0.1) is 20.8 Å². The quantitative estimate of drug-likeness (QED) is 0.250. The van der Waals surface area contributed by atoms with E-state index in [4.69, 9.17) is 9.47 Å². The maximum Gasteiger partial charge on any atom is 0.193 e. The highest BCUT2D eigenvalue weighted by Gasteiger charge is 2.10. The molecular formula is C24H32IN5O2. The number of guanidine groups is 1. The fourth-order valence-electron chi connectivity index (χ4n) is 3.41. The standard InChI is InChI=1S/C24H31N5O2.HI/c1-25-24(28(2)14-12-19-10-11-21(30-3)22(16-19)31-4)27-17-23-26-13-15-29(23)18-20-8-6-5-7-9-20;/h5-11,13,15-16H,12,14,17-18H2,1-4H3,(H,25,27);1H. The minimum atomic E-state index is 0. The zero-order valence-electron chi connectivity index (χ0n) is 19.1. The van der Waals surface area contributed by atoms with Crippen molar-refractivity contribution in [3.8, 4) is 11.5 Å². The molecule has 2 aromatic carbocycles. The summed E-state index contributed by atoms with van der Waals surface area (Å²) in [7, 11) is 7.13. The van der Waals surface area contributed by atoms with Crippen LogP contribution < -0.4 is 14.8 Å². The number of rotatable bonds is 9. The highest BCUT2D eigenvalue weighted by atomic mass is 127. The predicted molar refractivity (Wildman–Crippen MR) is 139 cm³/mol. The third-order valence-electron chi connectivity index (χ3n) is 5.16. The molecule has 1 N–H and O–H groups in total. The molecule has 0 aliphatic rings. The van der Waals surface area contributed by atoms with Gasteiger partial charge in [0.1, 0.15) is 5.82 Å². The van der Waals surface area contributed by atoms with Gasteiger partial charge in [0.15, 0.2) is 17.5 Å². The molecule has 0 aliphatic carbocycles. The van der Waals surface area contributed by atoms with Crippen molar-refractivity contribution in [1.29, 1.82) is 0 Å². The number of methoxy groups -OCH3 is 2. The van der Waals surface area contributed by atoms with Crippen molar-refractivity contribution in [3.63, 3.8) is 0 Å². The molecule has 0 saturated carbocycles. The van der Waals surface area contributed by atoms with Gasteiger partial charge < -0.3 is 24.3 Å². The number of hydrogen-bond donors (Lipinski definition) is 1. The van der Waals surface area contributed by atoms with Crippen LogP contribution >= 0.6 is 24.0 Å². The maximum absolute atomic E-state index is 5.40. The van der Waals surface area contributed by atoms with E-state index in [2.05, 4.69) is 55.1 Å². The molecule has 0 amide bonds. The molecule has 0 fully saturated rings. The molecule has 0 unspecified atom stereocenters. The molecule has 0 atom stereocenters. The zero-order valence-corrected chi connectivity index (χ0v) is 21.4. The monoisotopic (exact) mass is 549 g/mol. The fraction of sp³-hybridized carbons (Fsp3) is 0.333. The molecule has 8 heteroatoms. The summed E-state index contributed by atoms with van der Waals surface area (Å²) in [5, 5.41) is 3.42. The first kappa shape index (κ1) is 25.5. The Bertz CT molecular complexity index is 991. The summed E-state index contributed by atoms with van der Waals surface area (Å²) in [6.45, 7) is 2.21. The number of aromatic nitrogens is 2. The van der Waals surface area contributed by atoms with Gasteiger partial charge in [-0.2, -0.15) is 0 Å². The Kier molecular flexibility index (Phi) is 10.3. The van der Waals surface area contributed by atoms with Crippen molar-refractivity contribution in [2.24, 2.45) is 4.99 Å². The molecule has 3 rings (SSSR count). The van der Waals surface area contributed by atoms with Crippen LogP contribution in [0.2, 0.25) is 0 Å². The van der Waals surface area contributed by atoms with Crippen LogP contribution in [-0.2, 0) is 19.5 Å². The second-order valence-electron chi connectivity index (χ2n) is 7.22. The highest BCUT2D eigenvalue weighted by molar-refractivity contribution is 14.0. The zero-order chi connectivity index (χ0) is 22.1. The van der Waals surface area contributed by atoms with E-state index in [-0.39, 0.29) is 24.0 Å². The first-order valence-electron chi connectivity index (χ1n) is 10.3. The molecule has 172 valence electrons. The second-order valence-corrected chi connectivity index (χ2v) is 7.22. The van der Waals surface area contributed by atoms with Gasteiger partial charge in [-0.15, -0.1) is 24.0 Å². The van der Waals surface area contributed by atoms with Crippen LogP contribution in [0.1, 0.15) is 17.0 Å². The number of nitrogens with zero attached hydrogens (tertiary/aromatic N) is 4. The third kappa shape index (κ3) is 6.88. The van der Waals surface area contributed by atoms with Crippen molar-refractivity contribution in [2.75, 3.05) is 34.9 Å². The lowest BCUT2D eigenvalue weighted by Crippen LogP contribution is -2.40. The normalized spacial score (nSPS) is 10.9. The van der Waals surface area contributed by atoms with Crippen LogP contribution in [0.5, 0.6) is 11.5 Å². The topological polar surface area (TPSA) is 63.9 Å². The van der Waals surface area contributed by atoms with Crippen LogP contribution in [0.4, 0.5) is 0 Å². The van der Waals surface area contributed by atoms with Gasteiger partial charge in [-0.05, 0) is 29.7 Å². The van der Waals surface area contributed by atoms with Crippen molar-refractivity contribution < 1.29 is 9.47 Å². The van der Waals surface area contributed by atoms with Crippen LogP contribution in [0.3, 0.4) is 0 Å². The van der Waals surface area contributed by atoms with Crippen LogP contribution in [-0.4, -0.2) is 55.3 Å². The van der Waals surface area contributed by atoms with E-state index in [1.165, 1.54) is 11.1 Å². The van der Waals surface area contributed by atoms with Gasteiger partial charge >= 0.3 is 0 Å². The molecule has 1 aromatic heterocycles. The van der Waals surface area contributed by atoms with Crippen molar-refractivity contribution in [2.45, 2.75) is 19.5 Å². The first-order chi connectivity index (χ1) is 15.1. The Morgan fingerprint density at radius 2 is 1.81 bits per heavy atom. The van der Waals surface area contributed by atoms with E-state index < -0.39 is 0 Å². The minimum Gasteiger partial charge on any atom is -0.493 e. The van der Waals surface area contributed by atoms with Gasteiger partial charge in [0.25, 0.3) is 0 Å². The summed E-state index contributed by atoms with van der Waals surface area (Å²) in [6.07, 6.45) is 4.71. The average molecular weight is 549 g/mol. The Hall–Kier alpha value is -2.75. The molecule has 1 heterocycles. The third-order valence-corrected chi connectivity index (χ3v) is 5.16. The van der Waals surface area contributed by atoms with E-state index in [0.29, 0.717) is 6.54 Å². The van der Waals surface area contributed by atoms with E-state index in [9.17, 15) is 0 Å². The average Bonchev–Trinajstić information content (AvgIpc) is 3.25. The van der Waals surface area contributed by atoms with E-state index >= 15 is 0 Å². The molecule has 7 nitrogen and oxygen atoms in total. The maximum atomic E-state index is 5.40. The van der Waals surface area contributed by atoms with Crippen LogP contribution in [0.25, 0.3) is 0 Å². The molecular weight excluding hydrogens is 517 g/mol. The molecule has 32 heavy (non-hydrogen) atoms. The van der Waals surface area contributed by atoms with E-state index in [0.717, 1.165) is 42.8 Å². The highest BCUT2D eigenvalue weighted by Crippen LogP contribution is 2.27. The number of hydrogen-bond acceptors (Lipinski definition) is 4. The molecule has 3 aromatic rings. The number of ether oxygens (including phenoxy) is 2. The van der Waals surface area contributed by atoms with Crippen molar-refractivity contribution in [3.05, 3.63) is 77.9 Å². The van der Waals surface area contributed by atoms with Gasteiger partial charge in [-0.1, -0.05) is 36.4 Å². The van der Waals surface area contributed by atoms with E-state index in [1.54, 1.807) is 21.3 Å². The Balaban J connectivity index is 0.00000363. The van der Waals surface area contributed by atoms with Gasteiger partial charge in [-0.3, -0.25) is 4.99 Å². The van der Waals surface area contributed by atoms with Gasteiger partial charge in [0.2, 0.25) is 0 Å². The molecule has 0 radical (unpaired) electrons. The second kappa shape index (κ2) is 12.9. The lowest BCUT2D eigenvalue weighted by Gasteiger charge is -2.22. The molecule has 0 spiro atoms. The first-order valence-corrected chi connectivity index (χ1v) is 10.3. The smallest absolute Gasteiger partial charge is 0.193 e. The van der Waals surface area contributed by atoms with Gasteiger partial charge in [-0.25, -0.2) is 4.98 Å². The fourth-order valence-corrected chi connectivity index (χ4v) is 3.41. The van der Waals surface area contributed by atoms with Crippen molar-refractivity contribution >= 4 is 29.9 Å². The van der Waals surface area contributed by atoms with Crippen LogP contribution in [0.15, 0.2) is 65.9 Å². The van der Waals surface area contributed by atoms with Gasteiger partial charge in [0, 0.05) is 39.6 Å². The Morgan fingerprint density at radius 3 is 2.50 bits per heavy atom. The summed E-state index contributed by atoms with van der Waals surface area (Å²) >= 11 is 0. The number of nitrogens with one attached hydrogen (secondary N) is 1. The molecule has 0 saturated heterocycles. The molecule has 0 aliphatic heterocycles.